The van der Waals surface area contributed by atoms with Gasteiger partial charge in [0.15, 0.2) is 0 Å². The standard InChI is InChI=1S/C10H19NO2/c1-9(2,3)13-7-8(12)11-10(4)5-6-10/h5-7H2,1-4H3,(H,11,12). The first-order chi connectivity index (χ1) is 5.81. The molecule has 0 aromatic rings. The third-order valence-electron chi connectivity index (χ3n) is 2.08. The molecular weight excluding hydrogens is 166 g/mol. The zero-order chi connectivity index (χ0) is 10.1. The maximum Gasteiger partial charge on any atom is 0.246 e. The van der Waals surface area contributed by atoms with E-state index >= 15 is 0 Å². The first kappa shape index (κ1) is 10.5. The van der Waals surface area contributed by atoms with Crippen LogP contribution >= 0.6 is 0 Å². The van der Waals surface area contributed by atoms with E-state index in [2.05, 4.69) is 12.2 Å². The van der Waals surface area contributed by atoms with Crippen LogP contribution in [0.25, 0.3) is 0 Å². The van der Waals surface area contributed by atoms with Gasteiger partial charge >= 0.3 is 0 Å². The molecule has 0 spiro atoms. The summed E-state index contributed by atoms with van der Waals surface area (Å²) < 4.78 is 5.35. The van der Waals surface area contributed by atoms with Crippen LogP contribution in [0, 0.1) is 0 Å². The normalized spacial score (nSPS) is 19.7. The molecule has 1 saturated carbocycles. The summed E-state index contributed by atoms with van der Waals surface area (Å²) in [5.41, 5.74) is -0.167. The molecule has 3 heteroatoms. The Morgan fingerprint density at radius 1 is 1.46 bits per heavy atom. The van der Waals surface area contributed by atoms with E-state index in [0.717, 1.165) is 12.8 Å². The van der Waals surface area contributed by atoms with Gasteiger partial charge in [-0.05, 0) is 40.5 Å². The van der Waals surface area contributed by atoms with Crippen molar-refractivity contribution in [2.24, 2.45) is 0 Å². The molecule has 1 N–H and O–H groups in total. The van der Waals surface area contributed by atoms with Crippen LogP contribution in [0.4, 0.5) is 0 Å². The minimum Gasteiger partial charge on any atom is -0.366 e. The van der Waals surface area contributed by atoms with Crippen molar-refractivity contribution in [1.29, 1.82) is 0 Å². The van der Waals surface area contributed by atoms with Gasteiger partial charge < -0.3 is 10.1 Å². The van der Waals surface area contributed by atoms with Gasteiger partial charge in [-0.15, -0.1) is 0 Å². The Morgan fingerprint density at radius 3 is 2.38 bits per heavy atom. The smallest absolute Gasteiger partial charge is 0.246 e. The average molecular weight is 185 g/mol. The number of rotatable bonds is 3. The van der Waals surface area contributed by atoms with Crippen molar-refractivity contribution < 1.29 is 9.53 Å². The second-order valence-electron chi connectivity index (χ2n) is 5.01. The lowest BCUT2D eigenvalue weighted by atomic mass is 10.2. The number of hydrogen-bond donors (Lipinski definition) is 1. The van der Waals surface area contributed by atoms with Crippen molar-refractivity contribution in [3.05, 3.63) is 0 Å². The number of ether oxygens (including phenoxy) is 1. The van der Waals surface area contributed by atoms with Gasteiger partial charge in [-0.25, -0.2) is 0 Å². The van der Waals surface area contributed by atoms with Crippen LogP contribution < -0.4 is 5.32 Å². The molecule has 13 heavy (non-hydrogen) atoms. The van der Waals surface area contributed by atoms with Crippen LogP contribution in [0.5, 0.6) is 0 Å². The second kappa shape index (κ2) is 3.29. The number of nitrogens with one attached hydrogen (secondary N) is 1. The zero-order valence-corrected chi connectivity index (χ0v) is 8.94. The van der Waals surface area contributed by atoms with Crippen molar-refractivity contribution in [3.63, 3.8) is 0 Å². The number of carbonyl (C=O) groups excluding carboxylic acids is 1. The SMILES string of the molecule is CC1(NC(=O)COC(C)(C)C)CC1. The Bertz CT molecular complexity index is 201. The highest BCUT2D eigenvalue weighted by Crippen LogP contribution is 2.34. The molecule has 0 heterocycles. The third-order valence-corrected chi connectivity index (χ3v) is 2.08. The Labute approximate surface area is 79.8 Å². The zero-order valence-electron chi connectivity index (χ0n) is 8.94. The summed E-state index contributed by atoms with van der Waals surface area (Å²) in [6, 6.07) is 0. The summed E-state index contributed by atoms with van der Waals surface area (Å²) in [6.07, 6.45) is 2.18. The van der Waals surface area contributed by atoms with Crippen molar-refractivity contribution >= 4 is 5.91 Å². The molecular formula is C10H19NO2. The fraction of sp³-hybridized carbons (Fsp3) is 0.900. The van der Waals surface area contributed by atoms with Crippen LogP contribution in [0.15, 0.2) is 0 Å². The highest BCUT2D eigenvalue weighted by atomic mass is 16.5. The van der Waals surface area contributed by atoms with Crippen LogP contribution in [-0.4, -0.2) is 23.7 Å². The lowest BCUT2D eigenvalue weighted by Gasteiger charge is -2.20. The molecule has 1 aliphatic carbocycles. The lowest BCUT2D eigenvalue weighted by Crippen LogP contribution is -2.38. The van der Waals surface area contributed by atoms with Gasteiger partial charge in [0.1, 0.15) is 6.61 Å². The molecule has 0 unspecified atom stereocenters. The highest BCUT2D eigenvalue weighted by Gasteiger charge is 2.38. The van der Waals surface area contributed by atoms with Gasteiger partial charge in [-0.3, -0.25) is 4.79 Å². The predicted octanol–water partition coefficient (Wildman–Crippen LogP) is 1.47. The first-order valence-corrected chi connectivity index (χ1v) is 4.76. The molecule has 0 bridgehead atoms. The van der Waals surface area contributed by atoms with Gasteiger partial charge in [-0.2, -0.15) is 0 Å². The summed E-state index contributed by atoms with van der Waals surface area (Å²) in [6.45, 7) is 8.05. The van der Waals surface area contributed by atoms with Gasteiger partial charge in [-0.1, -0.05) is 0 Å². The average Bonchev–Trinajstić information content (AvgIpc) is 2.62. The van der Waals surface area contributed by atoms with Crippen molar-refractivity contribution in [1.82, 2.24) is 5.32 Å². The Hall–Kier alpha value is -0.570. The fourth-order valence-electron chi connectivity index (χ4n) is 0.967. The fourth-order valence-corrected chi connectivity index (χ4v) is 0.967. The molecule has 0 saturated heterocycles. The third kappa shape index (κ3) is 4.27. The Morgan fingerprint density at radius 2 is 2.00 bits per heavy atom. The van der Waals surface area contributed by atoms with Gasteiger partial charge in [0.25, 0.3) is 0 Å². The summed E-state index contributed by atoms with van der Waals surface area (Å²) in [5, 5.41) is 2.94. The Kier molecular flexibility index (Phi) is 2.66. The minimum atomic E-state index is -0.234. The number of carbonyl (C=O) groups is 1. The molecule has 1 amide bonds. The van der Waals surface area contributed by atoms with E-state index in [4.69, 9.17) is 4.74 Å². The molecule has 1 fully saturated rings. The first-order valence-electron chi connectivity index (χ1n) is 4.76. The predicted molar refractivity (Wildman–Crippen MR) is 51.5 cm³/mol. The van der Waals surface area contributed by atoms with E-state index in [-0.39, 0.29) is 23.7 Å². The number of amides is 1. The molecule has 0 atom stereocenters. The summed E-state index contributed by atoms with van der Waals surface area (Å²) >= 11 is 0. The summed E-state index contributed by atoms with van der Waals surface area (Å²) in [7, 11) is 0. The minimum absolute atomic E-state index is 0.00470. The maximum atomic E-state index is 11.3. The van der Waals surface area contributed by atoms with Crippen molar-refractivity contribution in [2.45, 2.75) is 51.7 Å². The molecule has 0 radical (unpaired) electrons. The molecule has 3 nitrogen and oxygen atoms in total. The molecule has 0 aliphatic heterocycles. The van der Waals surface area contributed by atoms with E-state index in [1.54, 1.807) is 0 Å². The quantitative estimate of drug-likeness (QED) is 0.723. The molecule has 1 aliphatic rings. The Balaban J connectivity index is 2.18. The van der Waals surface area contributed by atoms with Crippen LogP contribution in [0.1, 0.15) is 40.5 Å². The van der Waals surface area contributed by atoms with Crippen molar-refractivity contribution in [2.75, 3.05) is 6.61 Å². The van der Waals surface area contributed by atoms with Crippen LogP contribution in [0.2, 0.25) is 0 Å². The lowest BCUT2D eigenvalue weighted by molar-refractivity contribution is -0.131. The maximum absolute atomic E-state index is 11.3. The highest BCUT2D eigenvalue weighted by molar-refractivity contribution is 5.78. The van der Waals surface area contributed by atoms with E-state index in [1.807, 2.05) is 20.8 Å². The van der Waals surface area contributed by atoms with Gasteiger partial charge in [0.05, 0.1) is 5.60 Å². The molecule has 1 rings (SSSR count). The summed E-state index contributed by atoms with van der Waals surface area (Å²) in [4.78, 5) is 11.3. The van der Waals surface area contributed by atoms with E-state index in [0.29, 0.717) is 0 Å². The van der Waals surface area contributed by atoms with Crippen LogP contribution in [0.3, 0.4) is 0 Å². The van der Waals surface area contributed by atoms with Crippen LogP contribution in [-0.2, 0) is 9.53 Å². The van der Waals surface area contributed by atoms with E-state index in [9.17, 15) is 4.79 Å². The van der Waals surface area contributed by atoms with Gasteiger partial charge in [0, 0.05) is 5.54 Å². The van der Waals surface area contributed by atoms with Gasteiger partial charge in [0.2, 0.25) is 5.91 Å². The summed E-state index contributed by atoms with van der Waals surface area (Å²) in [5.74, 6) is -0.00470. The second-order valence-corrected chi connectivity index (χ2v) is 5.01. The largest absolute Gasteiger partial charge is 0.366 e. The molecule has 0 aromatic heterocycles. The monoisotopic (exact) mass is 185 g/mol. The molecule has 76 valence electrons. The van der Waals surface area contributed by atoms with Crippen molar-refractivity contribution in [3.8, 4) is 0 Å². The topological polar surface area (TPSA) is 38.3 Å². The van der Waals surface area contributed by atoms with E-state index in [1.165, 1.54) is 0 Å². The molecule has 0 aromatic carbocycles. The van der Waals surface area contributed by atoms with E-state index < -0.39 is 0 Å². The number of hydrogen-bond acceptors (Lipinski definition) is 2.